The van der Waals surface area contributed by atoms with Crippen LogP contribution in [0.4, 0.5) is 8.78 Å². The summed E-state index contributed by atoms with van der Waals surface area (Å²) in [6.45, 7) is 3.57. The predicted octanol–water partition coefficient (Wildman–Crippen LogP) is 0.366. The summed E-state index contributed by atoms with van der Waals surface area (Å²) in [5, 5.41) is 4.90. The maximum absolute atomic E-state index is 11.9. The lowest BCUT2D eigenvalue weighted by atomic mass is 10.3. The van der Waals surface area contributed by atoms with E-state index in [4.69, 9.17) is 0 Å². The molecule has 0 rings (SSSR count). The first kappa shape index (κ1) is 11.3. The lowest BCUT2D eigenvalue weighted by Crippen LogP contribution is -2.40. The molecule has 0 saturated carbocycles. The van der Waals surface area contributed by atoms with Crippen LogP contribution in [0.3, 0.4) is 0 Å². The minimum Gasteiger partial charge on any atom is -0.355 e. The number of carbonyl (C=O) groups is 1. The summed E-state index contributed by atoms with van der Waals surface area (Å²) < 4.78 is 23.7. The van der Waals surface area contributed by atoms with Crippen LogP contribution in [0.15, 0.2) is 0 Å². The second-order valence-corrected chi connectivity index (χ2v) is 2.46. The van der Waals surface area contributed by atoms with Gasteiger partial charge in [-0.15, -0.1) is 0 Å². The normalized spacial score (nSPS) is 13.1. The molecule has 3 nitrogen and oxygen atoms in total. The highest BCUT2D eigenvalue weighted by Gasteiger charge is 2.14. The van der Waals surface area contributed by atoms with Crippen molar-refractivity contribution in [2.45, 2.75) is 26.3 Å². The molecule has 2 N–H and O–H groups in total. The fraction of sp³-hybridized carbons (Fsp3) is 0.857. The molecule has 0 heterocycles. The second kappa shape index (κ2) is 5.88. The zero-order valence-corrected chi connectivity index (χ0v) is 7.23. The molecule has 0 aromatic heterocycles. The molecule has 1 unspecified atom stereocenters. The Balaban J connectivity index is 3.47. The maximum Gasteiger partial charge on any atom is 0.253 e. The van der Waals surface area contributed by atoms with Gasteiger partial charge in [0.15, 0.2) is 0 Å². The van der Waals surface area contributed by atoms with Crippen molar-refractivity contribution in [2.75, 3.05) is 13.1 Å². The first-order chi connectivity index (χ1) is 5.57. The fourth-order valence-electron chi connectivity index (χ4n) is 0.602. The van der Waals surface area contributed by atoms with Crippen molar-refractivity contribution in [1.29, 1.82) is 0 Å². The summed E-state index contributed by atoms with van der Waals surface area (Å²) in [6.07, 6.45) is -2.43. The van der Waals surface area contributed by atoms with Crippen molar-refractivity contribution in [3.63, 3.8) is 0 Å². The molecular formula is C7H14F2N2O. The average molecular weight is 180 g/mol. The van der Waals surface area contributed by atoms with Crippen LogP contribution >= 0.6 is 0 Å². The predicted molar refractivity (Wildman–Crippen MR) is 42.2 cm³/mol. The van der Waals surface area contributed by atoms with Gasteiger partial charge in [0.1, 0.15) is 0 Å². The van der Waals surface area contributed by atoms with Crippen molar-refractivity contribution in [1.82, 2.24) is 10.6 Å². The molecule has 0 saturated heterocycles. The summed E-state index contributed by atoms with van der Waals surface area (Å²) in [5.41, 5.74) is 0. The first-order valence-corrected chi connectivity index (χ1v) is 3.86. The zero-order chi connectivity index (χ0) is 9.56. The highest BCUT2D eigenvalue weighted by atomic mass is 19.3. The molecule has 1 amide bonds. The molecule has 0 aliphatic carbocycles. The van der Waals surface area contributed by atoms with E-state index in [9.17, 15) is 13.6 Å². The van der Waals surface area contributed by atoms with Gasteiger partial charge in [0.2, 0.25) is 5.91 Å². The maximum atomic E-state index is 11.9. The first-order valence-electron chi connectivity index (χ1n) is 3.86. The van der Waals surface area contributed by atoms with E-state index in [1.807, 2.05) is 0 Å². The largest absolute Gasteiger partial charge is 0.355 e. The molecule has 5 heteroatoms. The Morgan fingerprint density at radius 1 is 1.50 bits per heavy atom. The van der Waals surface area contributed by atoms with Crippen molar-refractivity contribution in [3.8, 4) is 0 Å². The Hall–Kier alpha value is -0.710. The number of alkyl halides is 2. The van der Waals surface area contributed by atoms with E-state index in [0.717, 1.165) is 0 Å². The van der Waals surface area contributed by atoms with E-state index in [1.165, 1.54) is 6.92 Å². The Bertz CT molecular complexity index is 141. The number of carbonyl (C=O) groups excluding carboxylic acids is 1. The smallest absolute Gasteiger partial charge is 0.253 e. The van der Waals surface area contributed by atoms with E-state index >= 15 is 0 Å². The van der Waals surface area contributed by atoms with Gasteiger partial charge < -0.3 is 10.6 Å². The van der Waals surface area contributed by atoms with Gasteiger partial charge in [0.05, 0.1) is 12.6 Å². The second-order valence-electron chi connectivity index (χ2n) is 2.46. The van der Waals surface area contributed by atoms with Crippen LogP contribution in [0.2, 0.25) is 0 Å². The van der Waals surface area contributed by atoms with E-state index in [-0.39, 0.29) is 12.5 Å². The summed E-state index contributed by atoms with van der Waals surface area (Å²) in [5.74, 6) is -0.259. The van der Waals surface area contributed by atoms with Crippen molar-refractivity contribution >= 4 is 5.91 Å². The average Bonchev–Trinajstić information content (AvgIpc) is 2.00. The van der Waals surface area contributed by atoms with Crippen molar-refractivity contribution < 1.29 is 13.6 Å². The van der Waals surface area contributed by atoms with E-state index in [2.05, 4.69) is 10.6 Å². The number of amides is 1. The molecule has 0 aromatic carbocycles. The third-order valence-corrected chi connectivity index (χ3v) is 1.34. The standard InChI is InChI=1S/C7H14F2N2O/c1-3-10-6(12)4-11-5(2)7(8)9/h5,7,11H,3-4H2,1-2H3,(H,10,12). The van der Waals surface area contributed by atoms with Crippen LogP contribution in [0, 0.1) is 0 Å². The molecule has 0 radical (unpaired) electrons. The summed E-state index contributed by atoms with van der Waals surface area (Å²) >= 11 is 0. The van der Waals surface area contributed by atoms with Gasteiger partial charge in [-0.25, -0.2) is 8.78 Å². The van der Waals surface area contributed by atoms with Gasteiger partial charge in [-0.3, -0.25) is 4.79 Å². The van der Waals surface area contributed by atoms with Crippen LogP contribution in [0.5, 0.6) is 0 Å². The summed E-state index contributed by atoms with van der Waals surface area (Å²) in [6, 6.07) is -0.937. The lowest BCUT2D eigenvalue weighted by molar-refractivity contribution is -0.120. The number of hydrogen-bond donors (Lipinski definition) is 2. The molecule has 0 bridgehead atoms. The van der Waals surface area contributed by atoms with Gasteiger partial charge in [-0.05, 0) is 13.8 Å². The highest BCUT2D eigenvalue weighted by Crippen LogP contribution is 1.97. The van der Waals surface area contributed by atoms with Crippen LogP contribution in [-0.2, 0) is 4.79 Å². The highest BCUT2D eigenvalue weighted by molar-refractivity contribution is 5.77. The van der Waals surface area contributed by atoms with Gasteiger partial charge in [-0.2, -0.15) is 0 Å². The Morgan fingerprint density at radius 2 is 2.08 bits per heavy atom. The SMILES string of the molecule is CCNC(=O)CNC(C)C(F)F. The lowest BCUT2D eigenvalue weighted by Gasteiger charge is -2.11. The third kappa shape index (κ3) is 5.01. The summed E-state index contributed by atoms with van der Waals surface area (Å²) in [7, 11) is 0. The number of hydrogen-bond acceptors (Lipinski definition) is 2. The van der Waals surface area contributed by atoms with Crippen LogP contribution < -0.4 is 10.6 Å². The number of nitrogens with one attached hydrogen (secondary N) is 2. The van der Waals surface area contributed by atoms with Crippen LogP contribution in [0.25, 0.3) is 0 Å². The van der Waals surface area contributed by atoms with Crippen LogP contribution in [0.1, 0.15) is 13.8 Å². The van der Waals surface area contributed by atoms with Crippen LogP contribution in [-0.4, -0.2) is 31.5 Å². The van der Waals surface area contributed by atoms with Gasteiger partial charge in [-0.1, -0.05) is 0 Å². The van der Waals surface area contributed by atoms with E-state index in [1.54, 1.807) is 6.92 Å². The zero-order valence-electron chi connectivity index (χ0n) is 7.23. The molecule has 12 heavy (non-hydrogen) atoms. The number of rotatable bonds is 5. The fourth-order valence-corrected chi connectivity index (χ4v) is 0.602. The molecule has 72 valence electrons. The monoisotopic (exact) mass is 180 g/mol. The Kier molecular flexibility index (Phi) is 5.53. The number of halogens is 2. The van der Waals surface area contributed by atoms with E-state index in [0.29, 0.717) is 6.54 Å². The minimum absolute atomic E-state index is 0.0562. The minimum atomic E-state index is -2.43. The topological polar surface area (TPSA) is 41.1 Å². The number of likely N-dealkylation sites (N-methyl/N-ethyl adjacent to an activating group) is 1. The Labute approximate surface area is 70.5 Å². The molecule has 0 fully saturated rings. The molecule has 0 aliphatic rings. The van der Waals surface area contributed by atoms with E-state index < -0.39 is 12.5 Å². The van der Waals surface area contributed by atoms with Crippen molar-refractivity contribution in [2.24, 2.45) is 0 Å². The van der Waals surface area contributed by atoms with Gasteiger partial charge in [0.25, 0.3) is 6.43 Å². The van der Waals surface area contributed by atoms with Crippen molar-refractivity contribution in [3.05, 3.63) is 0 Å². The molecule has 0 aliphatic heterocycles. The molecular weight excluding hydrogens is 166 g/mol. The molecule has 0 spiro atoms. The molecule has 0 aromatic rings. The quantitative estimate of drug-likeness (QED) is 0.641. The van der Waals surface area contributed by atoms with Gasteiger partial charge >= 0.3 is 0 Å². The summed E-state index contributed by atoms with van der Waals surface area (Å²) in [4.78, 5) is 10.8. The van der Waals surface area contributed by atoms with Gasteiger partial charge in [0, 0.05) is 6.54 Å². The molecule has 1 atom stereocenters. The Morgan fingerprint density at radius 3 is 2.50 bits per heavy atom. The third-order valence-electron chi connectivity index (χ3n) is 1.34.